The van der Waals surface area contributed by atoms with Gasteiger partial charge in [0.2, 0.25) is 5.91 Å². The first-order valence-corrected chi connectivity index (χ1v) is 13.3. The number of aromatic hydroxyl groups is 1. The second-order valence-electron chi connectivity index (χ2n) is 11.4. The molecule has 0 aliphatic heterocycles. The monoisotopic (exact) mass is 542 g/mol. The average molecular weight is 543 g/mol. The van der Waals surface area contributed by atoms with E-state index in [1.165, 1.54) is 4.90 Å². The van der Waals surface area contributed by atoms with E-state index >= 15 is 0 Å². The van der Waals surface area contributed by atoms with Crippen molar-refractivity contribution in [2.45, 2.75) is 44.9 Å². The third-order valence-electron chi connectivity index (χ3n) is 8.89. The average Bonchev–Trinajstić information content (AvgIpc) is 2.85. The van der Waals surface area contributed by atoms with Crippen LogP contribution in [0.3, 0.4) is 0 Å². The van der Waals surface area contributed by atoms with Crippen LogP contribution in [-0.2, 0) is 32.1 Å². The van der Waals surface area contributed by atoms with Crippen molar-refractivity contribution in [3.8, 4) is 5.75 Å². The van der Waals surface area contributed by atoms with Crippen LogP contribution >= 0.6 is 0 Å². The van der Waals surface area contributed by atoms with Crippen LogP contribution in [0.2, 0.25) is 0 Å². The number of rotatable bonds is 7. The maximum absolute atomic E-state index is 14.0. The molecule has 11 nitrogen and oxygen atoms in total. The number of likely N-dealkylation sites (N-methyl/N-ethyl adjacent to an activating group) is 1. The Morgan fingerprint density at radius 2 is 1.69 bits per heavy atom. The van der Waals surface area contributed by atoms with E-state index in [2.05, 4.69) is 4.90 Å². The van der Waals surface area contributed by atoms with Gasteiger partial charge in [-0.2, -0.15) is 0 Å². The van der Waals surface area contributed by atoms with E-state index in [1.54, 1.807) is 14.1 Å². The van der Waals surface area contributed by atoms with Crippen molar-refractivity contribution in [3.05, 3.63) is 22.8 Å². The molecule has 39 heavy (non-hydrogen) atoms. The normalized spacial score (nSPS) is 30.3. The number of anilines is 1. The molecule has 1 amide bonds. The number of amides is 1. The maximum atomic E-state index is 14.0. The zero-order chi connectivity index (χ0) is 29.1. The van der Waals surface area contributed by atoms with Crippen LogP contribution in [0.15, 0.2) is 6.07 Å². The van der Waals surface area contributed by atoms with Gasteiger partial charge >= 0.3 is 0 Å². The molecule has 2 fully saturated rings. The van der Waals surface area contributed by atoms with Gasteiger partial charge in [-0.15, -0.1) is 0 Å². The summed E-state index contributed by atoms with van der Waals surface area (Å²) in [6.07, 6.45) is 0.261. The fourth-order valence-electron chi connectivity index (χ4n) is 6.91. The lowest BCUT2D eigenvalue weighted by molar-refractivity contribution is -0.181. The van der Waals surface area contributed by atoms with Crippen LogP contribution in [0.4, 0.5) is 5.69 Å². The number of nitrogens with zero attached hydrogens (tertiary/aromatic N) is 3. The molecule has 2 saturated carbocycles. The first kappa shape index (κ1) is 28.8. The Bertz CT molecular complexity index is 1250. The van der Waals surface area contributed by atoms with Crippen LogP contribution in [0, 0.1) is 23.7 Å². The van der Waals surface area contributed by atoms with E-state index in [9.17, 15) is 34.2 Å². The first-order chi connectivity index (χ1) is 18.2. The van der Waals surface area contributed by atoms with Gasteiger partial charge < -0.3 is 20.8 Å². The molecule has 2 unspecified atom stereocenters. The Morgan fingerprint density at radius 1 is 1.08 bits per heavy atom. The standard InChI is InChI=1S/C28H38N4O7/c1-7-32(8-2)12-14-11-17(30(3)4)15-9-13-10-16-21(31(5)6)24(35)20(27(29)38)26(37)28(16,39)25(36)18(13)23(34)19(15)22(14)33/h11,13,16,18,20-21,33,39H,7-10,12H2,1-6H3,(H2,29,38)/t13-,16-,18?,20?,21+,28-/m0/s1. The van der Waals surface area contributed by atoms with E-state index in [4.69, 9.17) is 5.73 Å². The van der Waals surface area contributed by atoms with Crippen molar-refractivity contribution in [2.75, 3.05) is 46.2 Å². The lowest BCUT2D eigenvalue weighted by atomic mass is 9.52. The van der Waals surface area contributed by atoms with Gasteiger partial charge in [0.1, 0.15) is 5.75 Å². The molecule has 1 aromatic carbocycles. The quantitative estimate of drug-likeness (QED) is 0.393. The fourth-order valence-corrected chi connectivity index (χ4v) is 6.91. The molecule has 0 radical (unpaired) electrons. The van der Waals surface area contributed by atoms with Crippen LogP contribution in [0.25, 0.3) is 0 Å². The lowest BCUT2D eigenvalue weighted by Crippen LogP contribution is -2.74. The zero-order valence-electron chi connectivity index (χ0n) is 23.4. The van der Waals surface area contributed by atoms with Crippen molar-refractivity contribution in [1.82, 2.24) is 9.80 Å². The van der Waals surface area contributed by atoms with Crippen molar-refractivity contribution in [1.29, 1.82) is 0 Å². The number of Topliss-reactive ketones (excluding diaryl/α,β-unsaturated/α-hetero) is 4. The molecule has 11 heteroatoms. The Hall–Kier alpha value is -3.15. The number of ketones is 4. The number of phenols is 1. The highest BCUT2D eigenvalue weighted by molar-refractivity contribution is 6.32. The molecule has 0 bridgehead atoms. The minimum Gasteiger partial charge on any atom is -0.507 e. The molecule has 6 atom stereocenters. The molecule has 4 rings (SSSR count). The summed E-state index contributed by atoms with van der Waals surface area (Å²) in [5.41, 5.74) is 4.53. The van der Waals surface area contributed by atoms with E-state index in [0.717, 1.165) is 18.8 Å². The van der Waals surface area contributed by atoms with Crippen molar-refractivity contribution in [3.63, 3.8) is 0 Å². The molecular formula is C28H38N4O7. The lowest BCUT2D eigenvalue weighted by Gasteiger charge is -2.52. The molecular weight excluding hydrogens is 504 g/mol. The van der Waals surface area contributed by atoms with Crippen molar-refractivity contribution >= 4 is 34.7 Å². The Labute approximate surface area is 227 Å². The molecule has 0 saturated heterocycles. The van der Waals surface area contributed by atoms with Gasteiger partial charge in [-0.3, -0.25) is 33.8 Å². The Balaban J connectivity index is 1.88. The number of aliphatic hydroxyl groups is 1. The summed E-state index contributed by atoms with van der Waals surface area (Å²) >= 11 is 0. The summed E-state index contributed by atoms with van der Waals surface area (Å²) in [5.74, 6) is -10.3. The number of carbonyl (C=O) groups excluding carboxylic acids is 5. The number of phenolic OH excluding ortho intramolecular Hbond substituents is 1. The van der Waals surface area contributed by atoms with E-state index < -0.39 is 64.4 Å². The first-order valence-electron chi connectivity index (χ1n) is 13.3. The second-order valence-corrected chi connectivity index (χ2v) is 11.4. The Morgan fingerprint density at radius 3 is 2.21 bits per heavy atom. The minimum atomic E-state index is -2.73. The fraction of sp³-hybridized carbons (Fsp3) is 0.607. The molecule has 3 aliphatic carbocycles. The summed E-state index contributed by atoms with van der Waals surface area (Å²) in [5, 5.41) is 23.0. The molecule has 212 valence electrons. The van der Waals surface area contributed by atoms with E-state index in [0.29, 0.717) is 17.7 Å². The number of hydrogen-bond donors (Lipinski definition) is 3. The molecule has 1 aromatic rings. The summed E-state index contributed by atoms with van der Waals surface area (Å²) in [4.78, 5) is 72.2. The van der Waals surface area contributed by atoms with Gasteiger partial charge in [0, 0.05) is 37.8 Å². The predicted molar refractivity (Wildman–Crippen MR) is 142 cm³/mol. The largest absolute Gasteiger partial charge is 0.507 e. The molecule has 0 heterocycles. The number of benzene rings is 1. The van der Waals surface area contributed by atoms with Gasteiger partial charge in [-0.1, -0.05) is 13.8 Å². The summed E-state index contributed by atoms with van der Waals surface area (Å²) in [6, 6.07) is 0.735. The SMILES string of the molecule is CCN(CC)Cc1cc(N(C)C)c2c(c1O)C(=O)C1C(=O)[C@]3(O)C(=O)C(C(N)=O)C(=O)[C@H](N(C)C)[C@@H]3C[C@@H]1C2. The van der Waals surface area contributed by atoms with Crippen LogP contribution < -0.4 is 10.6 Å². The minimum absolute atomic E-state index is 0.0231. The molecule has 3 aliphatic rings. The van der Waals surface area contributed by atoms with Crippen LogP contribution in [-0.4, -0.2) is 102 Å². The van der Waals surface area contributed by atoms with Crippen LogP contribution in [0.5, 0.6) is 5.75 Å². The molecule has 0 aromatic heterocycles. The number of hydrogen-bond acceptors (Lipinski definition) is 10. The topological polar surface area (TPSA) is 162 Å². The van der Waals surface area contributed by atoms with Crippen molar-refractivity contribution in [2.24, 2.45) is 29.4 Å². The molecule has 0 spiro atoms. The summed E-state index contributed by atoms with van der Waals surface area (Å²) < 4.78 is 0. The van der Waals surface area contributed by atoms with Crippen LogP contribution in [0.1, 0.15) is 41.8 Å². The highest BCUT2D eigenvalue weighted by atomic mass is 16.3. The number of nitrogens with two attached hydrogens (primary N) is 1. The van der Waals surface area contributed by atoms with E-state index in [1.807, 2.05) is 38.9 Å². The third-order valence-corrected chi connectivity index (χ3v) is 8.89. The summed E-state index contributed by atoms with van der Waals surface area (Å²) in [7, 11) is 6.79. The summed E-state index contributed by atoms with van der Waals surface area (Å²) in [6.45, 7) is 5.83. The highest BCUT2D eigenvalue weighted by Crippen LogP contribution is 2.52. The number of carbonyl (C=O) groups is 5. The van der Waals surface area contributed by atoms with Gasteiger partial charge in [0.15, 0.2) is 34.7 Å². The highest BCUT2D eigenvalue weighted by Gasteiger charge is 2.69. The predicted octanol–water partition coefficient (Wildman–Crippen LogP) is -0.225. The van der Waals surface area contributed by atoms with E-state index in [-0.39, 0.29) is 24.2 Å². The number of primary amides is 1. The van der Waals surface area contributed by atoms with Crippen molar-refractivity contribution < 1.29 is 34.2 Å². The van der Waals surface area contributed by atoms with Gasteiger partial charge in [-0.25, -0.2) is 0 Å². The molecule has 4 N–H and O–H groups in total. The zero-order valence-corrected chi connectivity index (χ0v) is 23.4. The smallest absolute Gasteiger partial charge is 0.235 e. The Kier molecular flexibility index (Phi) is 7.48. The van der Waals surface area contributed by atoms with Gasteiger partial charge in [0.25, 0.3) is 0 Å². The maximum Gasteiger partial charge on any atom is 0.235 e. The number of fused-ring (bicyclic) bond motifs is 3. The third kappa shape index (κ3) is 4.18. The second kappa shape index (κ2) is 10.1. The van der Waals surface area contributed by atoms with Gasteiger partial charge in [0.05, 0.1) is 17.5 Å². The van der Waals surface area contributed by atoms with Gasteiger partial charge in [-0.05, 0) is 57.6 Å².